The molecule has 0 fully saturated rings. The standard InChI is InChI=1S/C10H14N6O2S/c1-11-19(17,18)9-2-3-10(13-8-9)12-4-6-16-7-5-14-15-16/h2-3,5,7-8,11H,4,6H2,1H3,(H,12,13). The highest BCUT2D eigenvalue weighted by Crippen LogP contribution is 2.09. The summed E-state index contributed by atoms with van der Waals surface area (Å²) in [6, 6.07) is 3.11. The molecule has 2 aromatic heterocycles. The molecule has 0 spiro atoms. The number of hydrogen-bond acceptors (Lipinski definition) is 6. The van der Waals surface area contributed by atoms with E-state index in [1.54, 1.807) is 23.1 Å². The maximum absolute atomic E-state index is 11.5. The summed E-state index contributed by atoms with van der Waals surface area (Å²) in [4.78, 5) is 4.17. The normalized spacial score (nSPS) is 11.4. The van der Waals surface area contributed by atoms with Crippen LogP contribution in [0.1, 0.15) is 0 Å². The molecular weight excluding hydrogens is 268 g/mol. The van der Waals surface area contributed by atoms with E-state index in [0.717, 1.165) is 0 Å². The summed E-state index contributed by atoms with van der Waals surface area (Å²) >= 11 is 0. The van der Waals surface area contributed by atoms with E-state index in [1.807, 2.05) is 0 Å². The molecule has 0 aromatic carbocycles. The Hall–Kier alpha value is -2.00. The maximum Gasteiger partial charge on any atom is 0.241 e. The molecule has 0 aliphatic rings. The first-order valence-electron chi connectivity index (χ1n) is 5.59. The molecule has 2 rings (SSSR count). The lowest BCUT2D eigenvalue weighted by molar-refractivity contribution is 0.588. The summed E-state index contributed by atoms with van der Waals surface area (Å²) in [5.41, 5.74) is 0. The van der Waals surface area contributed by atoms with Gasteiger partial charge < -0.3 is 5.32 Å². The molecule has 0 bridgehead atoms. The van der Waals surface area contributed by atoms with Crippen molar-refractivity contribution in [3.63, 3.8) is 0 Å². The highest BCUT2D eigenvalue weighted by Gasteiger charge is 2.10. The van der Waals surface area contributed by atoms with Gasteiger partial charge in [-0.1, -0.05) is 5.21 Å². The second-order valence-corrected chi connectivity index (χ2v) is 5.57. The first-order valence-corrected chi connectivity index (χ1v) is 7.08. The predicted octanol–water partition coefficient (Wildman–Crippen LogP) is -0.307. The molecule has 0 amide bonds. The predicted molar refractivity (Wildman–Crippen MR) is 69.0 cm³/mol. The highest BCUT2D eigenvalue weighted by molar-refractivity contribution is 7.89. The molecule has 2 N–H and O–H groups in total. The number of rotatable bonds is 6. The van der Waals surface area contributed by atoms with E-state index in [2.05, 4.69) is 25.3 Å². The highest BCUT2D eigenvalue weighted by atomic mass is 32.2. The average molecular weight is 282 g/mol. The minimum absolute atomic E-state index is 0.136. The van der Waals surface area contributed by atoms with Crippen molar-refractivity contribution in [2.24, 2.45) is 0 Å². The number of hydrogen-bond donors (Lipinski definition) is 2. The van der Waals surface area contributed by atoms with Crippen LogP contribution >= 0.6 is 0 Å². The van der Waals surface area contributed by atoms with Crippen LogP contribution in [0.25, 0.3) is 0 Å². The quantitative estimate of drug-likeness (QED) is 0.754. The Kier molecular flexibility index (Phi) is 4.07. The van der Waals surface area contributed by atoms with Crippen molar-refractivity contribution in [2.75, 3.05) is 18.9 Å². The molecule has 0 saturated carbocycles. The maximum atomic E-state index is 11.5. The minimum Gasteiger partial charge on any atom is -0.368 e. The Balaban J connectivity index is 1.92. The Morgan fingerprint density at radius 1 is 1.37 bits per heavy atom. The van der Waals surface area contributed by atoms with Gasteiger partial charge in [-0.3, -0.25) is 4.68 Å². The van der Waals surface area contributed by atoms with Crippen molar-refractivity contribution in [3.05, 3.63) is 30.7 Å². The number of pyridine rings is 1. The largest absolute Gasteiger partial charge is 0.368 e. The molecule has 9 heteroatoms. The van der Waals surface area contributed by atoms with Gasteiger partial charge in [-0.25, -0.2) is 18.1 Å². The molecular formula is C10H14N6O2S. The molecule has 8 nitrogen and oxygen atoms in total. The van der Waals surface area contributed by atoms with Crippen molar-refractivity contribution >= 4 is 15.8 Å². The molecule has 0 unspecified atom stereocenters. The van der Waals surface area contributed by atoms with Crippen LogP contribution in [0.2, 0.25) is 0 Å². The van der Waals surface area contributed by atoms with Crippen molar-refractivity contribution in [2.45, 2.75) is 11.4 Å². The van der Waals surface area contributed by atoms with E-state index < -0.39 is 10.0 Å². The summed E-state index contributed by atoms with van der Waals surface area (Å²) < 4.78 is 26.9. The smallest absolute Gasteiger partial charge is 0.241 e. The second kappa shape index (κ2) is 5.76. The van der Waals surface area contributed by atoms with Crippen molar-refractivity contribution < 1.29 is 8.42 Å². The van der Waals surface area contributed by atoms with Gasteiger partial charge >= 0.3 is 0 Å². The van der Waals surface area contributed by atoms with Gasteiger partial charge in [0.15, 0.2) is 0 Å². The molecule has 19 heavy (non-hydrogen) atoms. The van der Waals surface area contributed by atoms with Gasteiger partial charge in [-0.2, -0.15) is 0 Å². The molecule has 102 valence electrons. The second-order valence-electron chi connectivity index (χ2n) is 3.68. The summed E-state index contributed by atoms with van der Waals surface area (Å²) in [6.45, 7) is 1.27. The van der Waals surface area contributed by atoms with Crippen molar-refractivity contribution in [1.82, 2.24) is 24.7 Å². The molecule has 0 radical (unpaired) electrons. The van der Waals surface area contributed by atoms with Crippen molar-refractivity contribution in [3.8, 4) is 0 Å². The summed E-state index contributed by atoms with van der Waals surface area (Å²) in [5.74, 6) is 0.607. The lowest BCUT2D eigenvalue weighted by Crippen LogP contribution is -2.19. The average Bonchev–Trinajstić information content (AvgIpc) is 2.92. The monoisotopic (exact) mass is 282 g/mol. The van der Waals surface area contributed by atoms with E-state index in [-0.39, 0.29) is 4.90 Å². The number of aromatic nitrogens is 4. The third-order valence-corrected chi connectivity index (χ3v) is 3.83. The van der Waals surface area contributed by atoms with Crippen LogP contribution in [0, 0.1) is 0 Å². The number of nitrogens with zero attached hydrogens (tertiary/aromatic N) is 4. The lowest BCUT2D eigenvalue weighted by Gasteiger charge is -2.06. The fraction of sp³-hybridized carbons (Fsp3) is 0.300. The Bertz CT molecular complexity index is 608. The van der Waals surface area contributed by atoms with Gasteiger partial charge in [0, 0.05) is 18.9 Å². The van der Waals surface area contributed by atoms with Gasteiger partial charge in [0.25, 0.3) is 0 Å². The first kappa shape index (κ1) is 13.4. The van der Waals surface area contributed by atoms with Crippen LogP contribution in [0.4, 0.5) is 5.82 Å². The SMILES string of the molecule is CNS(=O)(=O)c1ccc(NCCn2ccnn2)nc1. The third kappa shape index (κ3) is 3.48. The van der Waals surface area contributed by atoms with Crippen LogP contribution in [0.5, 0.6) is 0 Å². The molecule has 2 aromatic rings. The molecule has 0 saturated heterocycles. The summed E-state index contributed by atoms with van der Waals surface area (Å²) in [7, 11) is -2.07. The zero-order valence-electron chi connectivity index (χ0n) is 10.3. The zero-order chi connectivity index (χ0) is 13.7. The number of sulfonamides is 1. The van der Waals surface area contributed by atoms with E-state index in [0.29, 0.717) is 18.9 Å². The van der Waals surface area contributed by atoms with E-state index in [9.17, 15) is 8.42 Å². The fourth-order valence-electron chi connectivity index (χ4n) is 1.41. The molecule has 0 atom stereocenters. The zero-order valence-corrected chi connectivity index (χ0v) is 11.1. The summed E-state index contributed by atoms with van der Waals surface area (Å²) in [5, 5.41) is 10.6. The summed E-state index contributed by atoms with van der Waals surface area (Å²) in [6.07, 6.45) is 4.68. The molecule has 0 aliphatic heterocycles. The van der Waals surface area contributed by atoms with Crippen LogP contribution in [-0.4, -0.2) is 42.0 Å². The van der Waals surface area contributed by atoms with Gasteiger partial charge in [-0.15, -0.1) is 5.10 Å². The van der Waals surface area contributed by atoms with Gasteiger partial charge in [0.1, 0.15) is 10.7 Å². The first-order chi connectivity index (χ1) is 9.12. The topological polar surface area (TPSA) is 102 Å². The number of nitrogens with one attached hydrogen (secondary N) is 2. The van der Waals surface area contributed by atoms with Gasteiger partial charge in [0.05, 0.1) is 12.7 Å². The lowest BCUT2D eigenvalue weighted by atomic mass is 10.4. The van der Waals surface area contributed by atoms with Gasteiger partial charge in [-0.05, 0) is 19.2 Å². The molecule has 0 aliphatic carbocycles. The van der Waals surface area contributed by atoms with E-state index in [4.69, 9.17) is 0 Å². The van der Waals surface area contributed by atoms with Crippen LogP contribution < -0.4 is 10.0 Å². The van der Waals surface area contributed by atoms with Crippen LogP contribution in [-0.2, 0) is 16.6 Å². The Morgan fingerprint density at radius 3 is 2.79 bits per heavy atom. The van der Waals surface area contributed by atoms with Crippen LogP contribution in [0.15, 0.2) is 35.6 Å². The van der Waals surface area contributed by atoms with Gasteiger partial charge in [0.2, 0.25) is 10.0 Å². The Morgan fingerprint density at radius 2 is 2.21 bits per heavy atom. The number of anilines is 1. The minimum atomic E-state index is -3.43. The Labute approximate surface area is 110 Å². The van der Waals surface area contributed by atoms with E-state index >= 15 is 0 Å². The third-order valence-electron chi connectivity index (χ3n) is 2.43. The van der Waals surface area contributed by atoms with E-state index in [1.165, 1.54) is 19.3 Å². The fourth-order valence-corrected chi connectivity index (χ4v) is 2.09. The van der Waals surface area contributed by atoms with Crippen molar-refractivity contribution in [1.29, 1.82) is 0 Å². The molecule has 2 heterocycles. The van der Waals surface area contributed by atoms with Crippen LogP contribution in [0.3, 0.4) is 0 Å².